The monoisotopic (exact) mass is 391 g/mol. The third kappa shape index (κ3) is 4.36. The summed E-state index contributed by atoms with van der Waals surface area (Å²) in [4.78, 5) is 8.86. The topological polar surface area (TPSA) is 66.5 Å². The molecule has 3 aromatic heterocycles. The second kappa shape index (κ2) is 8.62. The number of anilines is 2. The van der Waals surface area contributed by atoms with E-state index in [0.29, 0.717) is 0 Å². The predicted molar refractivity (Wildman–Crippen MR) is 107 cm³/mol. The highest BCUT2D eigenvalue weighted by Crippen LogP contribution is 2.24. The van der Waals surface area contributed by atoms with Gasteiger partial charge in [-0.15, -0.1) is 36.2 Å². The van der Waals surface area contributed by atoms with E-state index >= 15 is 0 Å². The van der Waals surface area contributed by atoms with Crippen LogP contribution in [0.5, 0.6) is 0 Å². The Morgan fingerprint density at radius 2 is 1.76 bits per heavy atom. The molecule has 4 rings (SSSR count). The Bertz CT molecular complexity index is 910. The fraction of sp³-hybridized carbons (Fsp3) is 0. The quantitative estimate of drug-likeness (QED) is 0.502. The third-order valence-electron chi connectivity index (χ3n) is 3.32. The maximum atomic E-state index is 4.58. The number of halogens is 2. The molecule has 0 saturated heterocycles. The van der Waals surface area contributed by atoms with Gasteiger partial charge in [-0.05, 0) is 17.7 Å². The normalized spacial score (nSPS) is 9.76. The molecule has 5 nitrogen and oxygen atoms in total. The number of hydrogen-bond acceptors (Lipinski definition) is 5. The molecular formula is C17H15Cl2N5S. The summed E-state index contributed by atoms with van der Waals surface area (Å²) in [6.07, 6.45) is 1.78. The summed E-state index contributed by atoms with van der Waals surface area (Å²) in [5.74, 6) is 1.47. The fourth-order valence-electron chi connectivity index (χ4n) is 2.26. The highest BCUT2D eigenvalue weighted by Gasteiger charge is 2.06. The molecule has 4 aromatic rings. The zero-order chi connectivity index (χ0) is 15.5. The minimum atomic E-state index is 0. The zero-order valence-corrected chi connectivity index (χ0v) is 15.4. The fourth-order valence-corrected chi connectivity index (χ4v) is 2.86. The van der Waals surface area contributed by atoms with Gasteiger partial charge >= 0.3 is 0 Å². The Balaban J connectivity index is 0.00000113. The van der Waals surface area contributed by atoms with Crippen molar-refractivity contribution in [3.8, 4) is 22.0 Å². The first-order valence-electron chi connectivity index (χ1n) is 7.13. The molecule has 3 heterocycles. The third-order valence-corrected chi connectivity index (χ3v) is 4.11. The highest BCUT2D eigenvalue weighted by molar-refractivity contribution is 7.13. The number of thiazole rings is 1. The van der Waals surface area contributed by atoms with Crippen molar-refractivity contribution in [2.45, 2.75) is 0 Å². The van der Waals surface area contributed by atoms with Crippen molar-refractivity contribution >= 4 is 47.8 Å². The smallest absolute Gasteiger partial charge is 0.153 e. The second-order valence-electron chi connectivity index (χ2n) is 4.90. The molecule has 128 valence electrons. The van der Waals surface area contributed by atoms with E-state index in [1.165, 1.54) is 0 Å². The number of aromatic nitrogens is 4. The molecule has 25 heavy (non-hydrogen) atoms. The van der Waals surface area contributed by atoms with E-state index in [4.69, 9.17) is 0 Å². The van der Waals surface area contributed by atoms with Crippen LogP contribution in [0.4, 0.5) is 11.6 Å². The Labute approximate surface area is 161 Å². The maximum absolute atomic E-state index is 4.58. The van der Waals surface area contributed by atoms with Crippen LogP contribution >= 0.6 is 36.2 Å². The molecule has 0 radical (unpaired) electrons. The molecule has 0 bridgehead atoms. The zero-order valence-electron chi connectivity index (χ0n) is 12.9. The van der Waals surface area contributed by atoms with Gasteiger partial charge in [0, 0.05) is 17.6 Å². The Kier molecular flexibility index (Phi) is 6.52. The number of rotatable bonds is 4. The Morgan fingerprint density at radius 3 is 2.52 bits per heavy atom. The summed E-state index contributed by atoms with van der Waals surface area (Å²) >= 11 is 1.57. The number of aromatic amines is 1. The van der Waals surface area contributed by atoms with E-state index in [9.17, 15) is 0 Å². The van der Waals surface area contributed by atoms with Crippen LogP contribution in [-0.4, -0.2) is 20.2 Å². The molecular weight excluding hydrogens is 377 g/mol. The average molecular weight is 392 g/mol. The van der Waals surface area contributed by atoms with E-state index in [-0.39, 0.29) is 24.8 Å². The Morgan fingerprint density at radius 1 is 0.920 bits per heavy atom. The van der Waals surface area contributed by atoms with E-state index in [1.54, 1.807) is 17.5 Å². The van der Waals surface area contributed by atoms with E-state index < -0.39 is 0 Å². The van der Waals surface area contributed by atoms with Crippen molar-refractivity contribution in [1.29, 1.82) is 0 Å². The molecule has 0 unspecified atom stereocenters. The number of pyridine rings is 1. The molecule has 0 amide bonds. The van der Waals surface area contributed by atoms with Crippen LogP contribution in [0.25, 0.3) is 22.0 Å². The van der Waals surface area contributed by atoms with Crippen LogP contribution in [0.1, 0.15) is 0 Å². The highest BCUT2D eigenvalue weighted by atomic mass is 35.5. The van der Waals surface area contributed by atoms with Gasteiger partial charge in [-0.1, -0.05) is 36.4 Å². The maximum Gasteiger partial charge on any atom is 0.153 e. The second-order valence-corrected chi connectivity index (χ2v) is 5.80. The molecule has 0 fully saturated rings. The lowest BCUT2D eigenvalue weighted by Gasteiger charge is -2.03. The molecule has 2 N–H and O–H groups in total. The van der Waals surface area contributed by atoms with Crippen LogP contribution in [0.3, 0.4) is 0 Å². The molecule has 8 heteroatoms. The van der Waals surface area contributed by atoms with Crippen LogP contribution < -0.4 is 5.32 Å². The molecule has 0 atom stereocenters. The predicted octanol–water partition coefficient (Wildman–Crippen LogP) is 5.18. The Hall–Kier alpha value is -2.41. The summed E-state index contributed by atoms with van der Waals surface area (Å²) in [5, 5.41) is 13.4. The van der Waals surface area contributed by atoms with Gasteiger partial charge in [0.05, 0.1) is 5.69 Å². The lowest BCUT2D eigenvalue weighted by Crippen LogP contribution is -1.94. The standard InChI is InChI=1S/C17H13N5S.2ClH/c1-2-5-12(6-3-1)14-11-16(22-21-14)20-15-8-4-7-13(19-15)17-18-9-10-23-17;;/h1-11H,(H2,19,20,21,22);2*1H. The molecule has 0 saturated carbocycles. The summed E-state index contributed by atoms with van der Waals surface area (Å²) in [7, 11) is 0. The lowest BCUT2D eigenvalue weighted by molar-refractivity contribution is 1.09. The molecule has 0 aliphatic heterocycles. The minimum absolute atomic E-state index is 0. The van der Waals surface area contributed by atoms with Gasteiger partial charge in [0.15, 0.2) is 5.82 Å². The number of nitrogens with one attached hydrogen (secondary N) is 2. The van der Waals surface area contributed by atoms with Crippen molar-refractivity contribution in [2.75, 3.05) is 5.32 Å². The number of H-pyrrole nitrogens is 1. The van der Waals surface area contributed by atoms with Crippen molar-refractivity contribution in [3.05, 3.63) is 66.2 Å². The van der Waals surface area contributed by atoms with Gasteiger partial charge in [-0.3, -0.25) is 5.10 Å². The van der Waals surface area contributed by atoms with Crippen molar-refractivity contribution in [1.82, 2.24) is 20.2 Å². The van der Waals surface area contributed by atoms with Crippen LogP contribution in [0.2, 0.25) is 0 Å². The first-order chi connectivity index (χ1) is 11.4. The van der Waals surface area contributed by atoms with Crippen LogP contribution in [-0.2, 0) is 0 Å². The largest absolute Gasteiger partial charge is 0.323 e. The molecule has 1 aromatic carbocycles. The van der Waals surface area contributed by atoms with Crippen molar-refractivity contribution < 1.29 is 0 Å². The number of nitrogens with zero attached hydrogens (tertiary/aromatic N) is 3. The van der Waals surface area contributed by atoms with E-state index in [1.807, 2.05) is 60.0 Å². The molecule has 0 aliphatic carbocycles. The number of hydrogen-bond donors (Lipinski definition) is 2. The van der Waals surface area contributed by atoms with Gasteiger partial charge < -0.3 is 5.32 Å². The average Bonchev–Trinajstić information content (AvgIpc) is 3.28. The van der Waals surface area contributed by atoms with Gasteiger partial charge in [-0.2, -0.15) is 5.10 Å². The summed E-state index contributed by atoms with van der Waals surface area (Å²) in [6, 6.07) is 17.9. The number of benzene rings is 1. The molecule has 0 aliphatic rings. The summed E-state index contributed by atoms with van der Waals surface area (Å²) in [5.41, 5.74) is 2.91. The van der Waals surface area contributed by atoms with E-state index in [0.717, 1.165) is 33.6 Å². The van der Waals surface area contributed by atoms with Gasteiger partial charge in [0.1, 0.15) is 16.5 Å². The van der Waals surface area contributed by atoms with Crippen LogP contribution in [0, 0.1) is 0 Å². The first-order valence-corrected chi connectivity index (χ1v) is 8.01. The van der Waals surface area contributed by atoms with Gasteiger partial charge in [0.25, 0.3) is 0 Å². The van der Waals surface area contributed by atoms with Crippen molar-refractivity contribution in [3.63, 3.8) is 0 Å². The van der Waals surface area contributed by atoms with Crippen molar-refractivity contribution in [2.24, 2.45) is 0 Å². The SMILES string of the molecule is Cl.Cl.c1ccc(-c2cc(Nc3cccc(-c4nccs4)n3)n[nH]2)cc1. The summed E-state index contributed by atoms with van der Waals surface area (Å²) < 4.78 is 0. The minimum Gasteiger partial charge on any atom is -0.323 e. The molecule has 0 spiro atoms. The van der Waals surface area contributed by atoms with E-state index in [2.05, 4.69) is 25.5 Å². The lowest BCUT2D eigenvalue weighted by atomic mass is 10.2. The first kappa shape index (κ1) is 18.9. The summed E-state index contributed by atoms with van der Waals surface area (Å²) in [6.45, 7) is 0. The van der Waals surface area contributed by atoms with Crippen LogP contribution in [0.15, 0.2) is 66.2 Å². The van der Waals surface area contributed by atoms with Gasteiger partial charge in [0.2, 0.25) is 0 Å². The van der Waals surface area contributed by atoms with Gasteiger partial charge in [-0.25, -0.2) is 9.97 Å².